The second kappa shape index (κ2) is 8.93. The number of benzene rings is 2. The monoisotopic (exact) mass is 502 g/mol. The van der Waals surface area contributed by atoms with Crippen molar-refractivity contribution in [2.24, 2.45) is 5.92 Å². The van der Waals surface area contributed by atoms with Crippen LogP contribution in [0.1, 0.15) is 35.4 Å². The van der Waals surface area contributed by atoms with E-state index < -0.39 is 0 Å². The molecule has 3 aromatic heterocycles. The highest BCUT2D eigenvalue weighted by Gasteiger charge is 2.30. The average Bonchev–Trinajstić information content (AvgIpc) is 3.45. The van der Waals surface area contributed by atoms with Gasteiger partial charge in [0.1, 0.15) is 4.83 Å². The van der Waals surface area contributed by atoms with Crippen LogP contribution in [0.4, 0.5) is 0 Å². The Morgan fingerprint density at radius 2 is 1.89 bits per heavy atom. The molecular formula is C27H26N4O2S2. The van der Waals surface area contributed by atoms with Crippen LogP contribution in [0.5, 0.6) is 0 Å². The maximum atomic E-state index is 14.1. The van der Waals surface area contributed by atoms with Crippen LogP contribution < -0.4 is 5.56 Å². The number of fused-ring (bicyclic) bond motifs is 5. The van der Waals surface area contributed by atoms with E-state index in [4.69, 9.17) is 4.74 Å². The standard InChI is InChI=1S/C27H26N4O2S2/c1-16(2)21-13-20-22(14-33-21)35-25-23(20)24(32)30(19-11-9-17(3)10-12-19)26-28-29-27(31(25)26)34-15-18-7-5-4-6-8-18/h4-12,16,21H,13-15H2,1-3H3/t21-/m1/s1. The van der Waals surface area contributed by atoms with Gasteiger partial charge < -0.3 is 4.74 Å². The lowest BCUT2D eigenvalue weighted by Gasteiger charge is -2.26. The SMILES string of the molecule is Cc1ccc(-n2c(=O)c3c4c(sc3n3c(SCc5ccccc5)nnc23)CO[C@@H](C(C)C)C4)cc1. The average molecular weight is 503 g/mol. The van der Waals surface area contributed by atoms with Crippen molar-refractivity contribution in [3.05, 3.63) is 86.5 Å². The quantitative estimate of drug-likeness (QED) is 0.285. The van der Waals surface area contributed by atoms with Crippen LogP contribution in [0, 0.1) is 12.8 Å². The van der Waals surface area contributed by atoms with Gasteiger partial charge in [0.15, 0.2) is 5.16 Å². The molecule has 8 heteroatoms. The molecule has 0 spiro atoms. The van der Waals surface area contributed by atoms with Gasteiger partial charge in [0, 0.05) is 17.1 Å². The molecule has 0 fully saturated rings. The molecule has 1 atom stereocenters. The summed E-state index contributed by atoms with van der Waals surface area (Å²) in [5.41, 5.74) is 4.24. The fraction of sp³-hybridized carbons (Fsp3) is 0.296. The highest BCUT2D eigenvalue weighted by atomic mass is 32.2. The number of thiophene rings is 1. The van der Waals surface area contributed by atoms with E-state index in [-0.39, 0.29) is 11.7 Å². The van der Waals surface area contributed by atoms with Gasteiger partial charge in [-0.25, -0.2) is 8.97 Å². The molecular weight excluding hydrogens is 476 g/mol. The highest BCUT2D eigenvalue weighted by molar-refractivity contribution is 7.98. The molecule has 2 aromatic carbocycles. The van der Waals surface area contributed by atoms with Crippen molar-refractivity contribution in [3.8, 4) is 5.69 Å². The minimum absolute atomic E-state index is 0.0368. The van der Waals surface area contributed by atoms with Crippen molar-refractivity contribution >= 4 is 39.1 Å². The van der Waals surface area contributed by atoms with Crippen LogP contribution in [0.2, 0.25) is 0 Å². The molecule has 4 heterocycles. The van der Waals surface area contributed by atoms with Crippen molar-refractivity contribution in [1.29, 1.82) is 0 Å². The summed E-state index contributed by atoms with van der Waals surface area (Å²) < 4.78 is 9.93. The lowest BCUT2D eigenvalue weighted by atomic mass is 9.96. The molecule has 6 nitrogen and oxygen atoms in total. The molecule has 0 unspecified atom stereocenters. The Bertz CT molecular complexity index is 1580. The van der Waals surface area contributed by atoms with Crippen molar-refractivity contribution < 1.29 is 4.74 Å². The van der Waals surface area contributed by atoms with Gasteiger partial charge in [-0.3, -0.25) is 4.79 Å². The summed E-state index contributed by atoms with van der Waals surface area (Å²) in [7, 11) is 0. The fourth-order valence-electron chi connectivity index (χ4n) is 4.61. The number of aryl methyl sites for hydroxylation is 1. The first kappa shape index (κ1) is 22.5. The smallest absolute Gasteiger partial charge is 0.268 e. The fourth-order valence-corrected chi connectivity index (χ4v) is 6.80. The summed E-state index contributed by atoms with van der Waals surface area (Å²) in [6.07, 6.45) is 0.854. The molecule has 0 saturated heterocycles. The lowest BCUT2D eigenvalue weighted by molar-refractivity contribution is 0.00200. The van der Waals surface area contributed by atoms with E-state index in [0.717, 1.165) is 49.2 Å². The summed E-state index contributed by atoms with van der Waals surface area (Å²) >= 11 is 3.27. The number of aromatic nitrogens is 4. The maximum absolute atomic E-state index is 14.1. The van der Waals surface area contributed by atoms with E-state index in [9.17, 15) is 4.79 Å². The topological polar surface area (TPSA) is 61.4 Å². The Balaban J connectivity index is 1.59. The summed E-state index contributed by atoms with van der Waals surface area (Å²) in [6, 6.07) is 18.3. The molecule has 1 aliphatic rings. The minimum atomic E-state index is -0.0368. The van der Waals surface area contributed by atoms with Crippen LogP contribution in [-0.2, 0) is 23.5 Å². The van der Waals surface area contributed by atoms with E-state index in [1.54, 1.807) is 27.7 Å². The zero-order valence-corrected chi connectivity index (χ0v) is 21.5. The van der Waals surface area contributed by atoms with E-state index in [1.807, 2.05) is 49.4 Å². The van der Waals surface area contributed by atoms with Crippen LogP contribution in [-0.4, -0.2) is 25.3 Å². The van der Waals surface area contributed by atoms with E-state index in [1.165, 1.54) is 5.56 Å². The van der Waals surface area contributed by atoms with Crippen molar-refractivity contribution in [1.82, 2.24) is 19.2 Å². The summed E-state index contributed by atoms with van der Waals surface area (Å²) in [4.78, 5) is 16.1. The van der Waals surface area contributed by atoms with Gasteiger partial charge in [-0.15, -0.1) is 21.5 Å². The van der Waals surface area contributed by atoms with E-state index in [2.05, 4.69) is 40.6 Å². The Morgan fingerprint density at radius 3 is 2.63 bits per heavy atom. The minimum Gasteiger partial charge on any atom is -0.372 e. The van der Waals surface area contributed by atoms with Crippen LogP contribution in [0.25, 0.3) is 21.7 Å². The Hall–Kier alpha value is -2.94. The molecule has 0 amide bonds. The van der Waals surface area contributed by atoms with Gasteiger partial charge >= 0.3 is 0 Å². The highest BCUT2D eigenvalue weighted by Crippen LogP contribution is 2.38. The number of rotatable bonds is 5. The van der Waals surface area contributed by atoms with E-state index in [0.29, 0.717) is 18.3 Å². The number of thioether (sulfide) groups is 1. The largest absolute Gasteiger partial charge is 0.372 e. The summed E-state index contributed by atoms with van der Waals surface area (Å²) in [5, 5.41) is 10.6. The molecule has 178 valence electrons. The normalized spacial score (nSPS) is 15.8. The maximum Gasteiger partial charge on any atom is 0.268 e. The molecule has 0 aliphatic carbocycles. The predicted octanol–water partition coefficient (Wildman–Crippen LogP) is 5.79. The first-order valence-corrected chi connectivity index (χ1v) is 13.6. The number of hydrogen-bond acceptors (Lipinski definition) is 6. The van der Waals surface area contributed by atoms with Gasteiger partial charge in [-0.2, -0.15) is 0 Å². The van der Waals surface area contributed by atoms with Gasteiger partial charge in [0.25, 0.3) is 5.56 Å². The van der Waals surface area contributed by atoms with Crippen molar-refractivity contribution in [2.45, 2.75) is 50.8 Å². The first-order valence-electron chi connectivity index (χ1n) is 11.8. The second-order valence-electron chi connectivity index (χ2n) is 9.35. The van der Waals surface area contributed by atoms with Gasteiger partial charge in [0.2, 0.25) is 5.78 Å². The molecule has 0 saturated carbocycles. The second-order valence-corrected chi connectivity index (χ2v) is 11.4. The van der Waals surface area contributed by atoms with Gasteiger partial charge in [-0.05, 0) is 36.1 Å². The molecule has 0 N–H and O–H groups in total. The zero-order chi connectivity index (χ0) is 24.1. The third-order valence-corrected chi connectivity index (χ3v) is 8.78. The molecule has 1 aliphatic heterocycles. The Labute approximate surface area is 211 Å². The Kier molecular flexibility index (Phi) is 5.75. The van der Waals surface area contributed by atoms with Crippen molar-refractivity contribution in [2.75, 3.05) is 0 Å². The number of nitrogens with zero attached hydrogens (tertiary/aromatic N) is 4. The number of hydrogen-bond donors (Lipinski definition) is 0. The lowest BCUT2D eigenvalue weighted by Crippen LogP contribution is -2.28. The van der Waals surface area contributed by atoms with Gasteiger partial charge in [-0.1, -0.05) is 73.6 Å². The Morgan fingerprint density at radius 1 is 1.11 bits per heavy atom. The molecule has 6 rings (SSSR count). The van der Waals surface area contributed by atoms with Gasteiger partial charge in [0.05, 0.1) is 23.8 Å². The summed E-state index contributed by atoms with van der Waals surface area (Å²) in [6.45, 7) is 6.93. The van der Waals surface area contributed by atoms with E-state index >= 15 is 0 Å². The van der Waals surface area contributed by atoms with Crippen LogP contribution in [0.3, 0.4) is 0 Å². The number of ether oxygens (including phenoxy) is 1. The molecule has 5 aromatic rings. The predicted molar refractivity (Wildman–Crippen MR) is 142 cm³/mol. The van der Waals surface area contributed by atoms with Crippen molar-refractivity contribution in [3.63, 3.8) is 0 Å². The van der Waals surface area contributed by atoms with Crippen LogP contribution in [0.15, 0.2) is 64.5 Å². The molecule has 0 bridgehead atoms. The molecule has 35 heavy (non-hydrogen) atoms. The third kappa shape index (κ3) is 3.90. The molecule has 0 radical (unpaired) electrons. The zero-order valence-electron chi connectivity index (χ0n) is 19.9. The summed E-state index contributed by atoms with van der Waals surface area (Å²) in [5.74, 6) is 1.70. The first-order chi connectivity index (χ1) is 17.0. The van der Waals surface area contributed by atoms with Crippen LogP contribution >= 0.6 is 23.1 Å². The third-order valence-electron chi connectivity index (χ3n) is 6.59.